The lowest BCUT2D eigenvalue weighted by Crippen LogP contribution is -2.31. The summed E-state index contributed by atoms with van der Waals surface area (Å²) in [5, 5.41) is 6.18. The summed E-state index contributed by atoms with van der Waals surface area (Å²) in [6.07, 6.45) is 4.28. The molecule has 0 aromatic carbocycles. The van der Waals surface area contributed by atoms with Crippen molar-refractivity contribution in [3.8, 4) is 0 Å². The molecule has 1 aliphatic heterocycles. The lowest BCUT2D eigenvalue weighted by Gasteiger charge is -2.22. The molecule has 3 nitrogen and oxygen atoms in total. The molecule has 3 heteroatoms. The minimum absolute atomic E-state index is 0.202. The molecular weight excluding hydrogens is 164 g/mol. The molecule has 1 rings (SSSR count). The van der Waals surface area contributed by atoms with Crippen LogP contribution >= 0.6 is 0 Å². The number of rotatable bonds is 4. The number of hydrogen-bond donors (Lipinski definition) is 2. The second kappa shape index (κ2) is 5.97. The number of carbonyl (C=O) groups is 1. The van der Waals surface area contributed by atoms with Crippen molar-refractivity contribution in [1.29, 1.82) is 0 Å². The van der Waals surface area contributed by atoms with Gasteiger partial charge in [-0.1, -0.05) is 0 Å². The fourth-order valence-electron chi connectivity index (χ4n) is 1.79. The van der Waals surface area contributed by atoms with Crippen molar-refractivity contribution in [2.24, 2.45) is 5.92 Å². The highest BCUT2D eigenvalue weighted by atomic mass is 16.1. The summed E-state index contributed by atoms with van der Waals surface area (Å²) in [4.78, 5) is 11.2. The van der Waals surface area contributed by atoms with Crippen LogP contribution in [-0.4, -0.2) is 25.5 Å². The molecule has 0 aromatic rings. The zero-order chi connectivity index (χ0) is 9.52. The summed E-state index contributed by atoms with van der Waals surface area (Å²) in [5.74, 6) is 0.921. The van der Waals surface area contributed by atoms with Crippen LogP contribution in [0.25, 0.3) is 0 Å². The summed E-state index contributed by atoms with van der Waals surface area (Å²) >= 11 is 0. The van der Waals surface area contributed by atoms with Gasteiger partial charge in [0.25, 0.3) is 0 Å². The fourth-order valence-corrected chi connectivity index (χ4v) is 1.79. The van der Waals surface area contributed by atoms with Gasteiger partial charge in [-0.15, -0.1) is 0 Å². The molecule has 1 atom stereocenters. The van der Waals surface area contributed by atoms with E-state index >= 15 is 0 Å². The van der Waals surface area contributed by atoms with Gasteiger partial charge in [-0.25, -0.2) is 0 Å². The van der Waals surface area contributed by atoms with Gasteiger partial charge in [0.15, 0.2) is 0 Å². The highest BCUT2D eigenvalue weighted by molar-refractivity contribution is 5.75. The minimum atomic E-state index is 0.202. The molecule has 0 bridgehead atoms. The quantitative estimate of drug-likeness (QED) is 0.681. The Morgan fingerprint density at radius 2 is 2.46 bits per heavy atom. The van der Waals surface area contributed by atoms with Gasteiger partial charge in [-0.05, 0) is 45.2 Å². The van der Waals surface area contributed by atoms with Gasteiger partial charge in [-0.3, -0.25) is 4.79 Å². The molecule has 0 spiro atoms. The molecule has 0 aliphatic carbocycles. The van der Waals surface area contributed by atoms with Gasteiger partial charge in [0.2, 0.25) is 5.91 Å². The molecule has 1 fully saturated rings. The van der Waals surface area contributed by atoms with Crippen molar-refractivity contribution < 1.29 is 4.79 Å². The van der Waals surface area contributed by atoms with E-state index in [1.807, 2.05) is 6.92 Å². The normalized spacial score (nSPS) is 22.7. The van der Waals surface area contributed by atoms with E-state index in [0.29, 0.717) is 6.42 Å². The van der Waals surface area contributed by atoms with Gasteiger partial charge in [0.1, 0.15) is 0 Å². The summed E-state index contributed by atoms with van der Waals surface area (Å²) in [5.41, 5.74) is 0. The molecule has 13 heavy (non-hydrogen) atoms. The minimum Gasteiger partial charge on any atom is -0.356 e. The van der Waals surface area contributed by atoms with Crippen LogP contribution in [0, 0.1) is 5.92 Å². The van der Waals surface area contributed by atoms with Crippen LogP contribution in [0.1, 0.15) is 32.6 Å². The summed E-state index contributed by atoms with van der Waals surface area (Å²) in [6.45, 7) is 4.96. The first-order valence-corrected chi connectivity index (χ1v) is 5.30. The zero-order valence-electron chi connectivity index (χ0n) is 8.44. The van der Waals surface area contributed by atoms with E-state index in [9.17, 15) is 4.79 Å². The Balaban J connectivity index is 2.06. The molecule has 1 amide bonds. The highest BCUT2D eigenvalue weighted by Crippen LogP contribution is 2.15. The first-order chi connectivity index (χ1) is 6.33. The number of nitrogens with one attached hydrogen (secondary N) is 2. The smallest absolute Gasteiger partial charge is 0.219 e. The van der Waals surface area contributed by atoms with Crippen molar-refractivity contribution in [2.45, 2.75) is 32.6 Å². The van der Waals surface area contributed by atoms with E-state index < -0.39 is 0 Å². The maximum absolute atomic E-state index is 11.2. The largest absolute Gasteiger partial charge is 0.356 e. The molecule has 0 saturated carbocycles. The molecule has 0 aromatic heterocycles. The molecule has 1 saturated heterocycles. The number of hydrogen-bond acceptors (Lipinski definition) is 2. The third-order valence-corrected chi connectivity index (χ3v) is 2.55. The fraction of sp³-hybridized carbons (Fsp3) is 0.900. The van der Waals surface area contributed by atoms with Gasteiger partial charge in [0, 0.05) is 13.0 Å². The lowest BCUT2D eigenvalue weighted by atomic mass is 9.94. The summed E-state index contributed by atoms with van der Waals surface area (Å²) < 4.78 is 0. The van der Waals surface area contributed by atoms with Crippen LogP contribution in [0.15, 0.2) is 0 Å². The Morgan fingerprint density at radius 3 is 3.08 bits per heavy atom. The van der Waals surface area contributed by atoms with E-state index in [-0.39, 0.29) is 5.91 Å². The van der Waals surface area contributed by atoms with Crippen LogP contribution < -0.4 is 10.6 Å². The van der Waals surface area contributed by atoms with Crippen molar-refractivity contribution in [2.75, 3.05) is 19.6 Å². The summed E-state index contributed by atoms with van der Waals surface area (Å²) in [7, 11) is 0. The monoisotopic (exact) mass is 184 g/mol. The van der Waals surface area contributed by atoms with E-state index in [0.717, 1.165) is 32.0 Å². The number of amides is 1. The Bertz CT molecular complexity index is 153. The van der Waals surface area contributed by atoms with Gasteiger partial charge in [0.05, 0.1) is 0 Å². The second-order valence-corrected chi connectivity index (χ2v) is 3.70. The summed E-state index contributed by atoms with van der Waals surface area (Å²) in [6, 6.07) is 0. The Labute approximate surface area is 80.3 Å². The lowest BCUT2D eigenvalue weighted by molar-refractivity contribution is -0.121. The Hall–Kier alpha value is -0.570. The van der Waals surface area contributed by atoms with E-state index in [2.05, 4.69) is 10.6 Å². The molecule has 0 radical (unpaired) electrons. The second-order valence-electron chi connectivity index (χ2n) is 3.70. The number of carbonyl (C=O) groups excluding carboxylic acids is 1. The average Bonchev–Trinajstić information content (AvgIpc) is 2.17. The Morgan fingerprint density at radius 1 is 1.62 bits per heavy atom. The van der Waals surface area contributed by atoms with E-state index in [1.54, 1.807) is 0 Å². The van der Waals surface area contributed by atoms with Gasteiger partial charge in [-0.2, -0.15) is 0 Å². The van der Waals surface area contributed by atoms with Gasteiger partial charge >= 0.3 is 0 Å². The van der Waals surface area contributed by atoms with Crippen molar-refractivity contribution in [3.05, 3.63) is 0 Å². The first-order valence-electron chi connectivity index (χ1n) is 5.30. The van der Waals surface area contributed by atoms with Crippen molar-refractivity contribution >= 4 is 5.91 Å². The van der Waals surface area contributed by atoms with E-state index in [4.69, 9.17) is 0 Å². The Kier molecular flexibility index (Phi) is 4.83. The topological polar surface area (TPSA) is 41.1 Å². The SMILES string of the molecule is CCNC(=O)CCC1CCCNC1. The third-order valence-electron chi connectivity index (χ3n) is 2.55. The predicted octanol–water partition coefficient (Wildman–Crippen LogP) is 0.902. The molecule has 2 N–H and O–H groups in total. The highest BCUT2D eigenvalue weighted by Gasteiger charge is 2.13. The average molecular weight is 184 g/mol. The third kappa shape index (κ3) is 4.27. The van der Waals surface area contributed by atoms with Crippen LogP contribution in [0.4, 0.5) is 0 Å². The molecule has 1 heterocycles. The maximum atomic E-state index is 11.2. The predicted molar refractivity (Wildman–Crippen MR) is 53.5 cm³/mol. The van der Waals surface area contributed by atoms with Crippen molar-refractivity contribution in [3.63, 3.8) is 0 Å². The number of piperidine rings is 1. The van der Waals surface area contributed by atoms with Gasteiger partial charge < -0.3 is 10.6 Å². The van der Waals surface area contributed by atoms with Crippen LogP contribution in [-0.2, 0) is 4.79 Å². The molecule has 1 aliphatic rings. The molecular formula is C10H20N2O. The van der Waals surface area contributed by atoms with Crippen molar-refractivity contribution in [1.82, 2.24) is 10.6 Å². The maximum Gasteiger partial charge on any atom is 0.219 e. The van der Waals surface area contributed by atoms with Crippen LogP contribution in [0.5, 0.6) is 0 Å². The van der Waals surface area contributed by atoms with Crippen LogP contribution in [0.3, 0.4) is 0 Å². The zero-order valence-corrected chi connectivity index (χ0v) is 8.44. The molecule has 76 valence electrons. The van der Waals surface area contributed by atoms with Crippen LogP contribution in [0.2, 0.25) is 0 Å². The first kappa shape index (κ1) is 10.5. The van der Waals surface area contributed by atoms with E-state index in [1.165, 1.54) is 12.8 Å². The standard InChI is InChI=1S/C10H20N2O/c1-2-12-10(13)6-5-9-4-3-7-11-8-9/h9,11H,2-8H2,1H3,(H,12,13). The molecule has 1 unspecified atom stereocenters.